The van der Waals surface area contributed by atoms with Crippen LogP contribution in [0.5, 0.6) is 0 Å². The van der Waals surface area contributed by atoms with E-state index in [9.17, 15) is 9.90 Å². The van der Waals surface area contributed by atoms with E-state index in [0.29, 0.717) is 6.54 Å². The Bertz CT molecular complexity index is 332. The molecule has 3 heterocycles. The highest BCUT2D eigenvalue weighted by Crippen LogP contribution is 2.56. The Balaban J connectivity index is 1.93. The number of fused-ring (bicyclic) bond motifs is 3. The molecule has 4 rings (SSSR count). The third-order valence-corrected chi connectivity index (χ3v) is 5.34. The molecule has 0 radical (unpaired) electrons. The fourth-order valence-corrected chi connectivity index (χ4v) is 4.12. The quantitative estimate of drug-likeness (QED) is 0.724. The van der Waals surface area contributed by atoms with E-state index in [0.717, 1.165) is 45.2 Å². The van der Waals surface area contributed by atoms with Gasteiger partial charge in [-0.25, -0.2) is 0 Å². The van der Waals surface area contributed by atoms with Crippen molar-refractivity contribution in [1.82, 2.24) is 4.90 Å². The van der Waals surface area contributed by atoms with E-state index in [1.54, 1.807) is 0 Å². The lowest BCUT2D eigenvalue weighted by Gasteiger charge is -2.60. The number of hydrogen-bond donors (Lipinski definition) is 1. The molecule has 4 fully saturated rings. The van der Waals surface area contributed by atoms with Gasteiger partial charge in [-0.1, -0.05) is 6.42 Å². The summed E-state index contributed by atoms with van der Waals surface area (Å²) in [6.07, 6.45) is 4.66. The first kappa shape index (κ1) is 11.5. The zero-order chi connectivity index (χ0) is 12.1. The molecule has 1 N–H and O–H groups in total. The summed E-state index contributed by atoms with van der Waals surface area (Å²) < 4.78 is 4.97. The van der Waals surface area contributed by atoms with Crippen molar-refractivity contribution in [3.63, 3.8) is 0 Å². The molecule has 0 aromatic rings. The zero-order valence-corrected chi connectivity index (χ0v) is 10.4. The van der Waals surface area contributed by atoms with Gasteiger partial charge in [0.1, 0.15) is 0 Å². The second-order valence-electron chi connectivity index (χ2n) is 5.90. The van der Waals surface area contributed by atoms with Crippen molar-refractivity contribution in [3.8, 4) is 0 Å². The van der Waals surface area contributed by atoms with Gasteiger partial charge in [-0.15, -0.1) is 0 Å². The van der Waals surface area contributed by atoms with Crippen LogP contribution in [0.3, 0.4) is 0 Å². The van der Waals surface area contributed by atoms with Crippen molar-refractivity contribution >= 4 is 5.97 Å². The standard InChI is InChI=1S/C13H21NO3/c1-17-11(15)12(5-2-6-12)13(16)9-14-7-3-10(13)4-8-14/h10,16H,2-9H2,1H3. The Hall–Kier alpha value is -0.610. The van der Waals surface area contributed by atoms with E-state index in [-0.39, 0.29) is 11.9 Å². The average Bonchev–Trinajstić information content (AvgIpc) is 2.28. The first-order valence-electron chi connectivity index (χ1n) is 6.65. The summed E-state index contributed by atoms with van der Waals surface area (Å²) in [6, 6.07) is 0. The van der Waals surface area contributed by atoms with Gasteiger partial charge < -0.3 is 14.7 Å². The molecule has 1 atom stereocenters. The van der Waals surface area contributed by atoms with Gasteiger partial charge in [-0.05, 0) is 44.7 Å². The SMILES string of the molecule is COC(=O)C1(C2(O)CN3CCC2CC3)CCC1. The van der Waals surface area contributed by atoms with E-state index >= 15 is 0 Å². The molecule has 1 unspecified atom stereocenters. The number of hydrogen-bond acceptors (Lipinski definition) is 4. The largest absolute Gasteiger partial charge is 0.469 e. The molecule has 0 aromatic carbocycles. The molecule has 0 aromatic heterocycles. The molecule has 1 aliphatic carbocycles. The molecule has 0 spiro atoms. The molecular formula is C13H21NO3. The summed E-state index contributed by atoms with van der Waals surface area (Å²) in [5.74, 6) is 0.0897. The fourth-order valence-electron chi connectivity index (χ4n) is 4.12. The number of nitrogens with zero attached hydrogens (tertiary/aromatic N) is 1. The van der Waals surface area contributed by atoms with Crippen molar-refractivity contribution in [1.29, 1.82) is 0 Å². The van der Waals surface area contributed by atoms with Crippen molar-refractivity contribution in [3.05, 3.63) is 0 Å². The van der Waals surface area contributed by atoms with Gasteiger partial charge in [-0.3, -0.25) is 4.79 Å². The highest BCUT2D eigenvalue weighted by atomic mass is 16.5. The predicted molar refractivity (Wildman–Crippen MR) is 62.4 cm³/mol. The van der Waals surface area contributed by atoms with E-state index < -0.39 is 11.0 Å². The summed E-state index contributed by atoms with van der Waals surface area (Å²) in [5.41, 5.74) is -1.44. The Labute approximate surface area is 102 Å². The fraction of sp³-hybridized carbons (Fsp3) is 0.923. The zero-order valence-electron chi connectivity index (χ0n) is 10.4. The minimum atomic E-state index is -0.838. The van der Waals surface area contributed by atoms with Crippen LogP contribution < -0.4 is 0 Å². The van der Waals surface area contributed by atoms with E-state index in [4.69, 9.17) is 4.74 Å². The Morgan fingerprint density at radius 3 is 2.35 bits per heavy atom. The minimum Gasteiger partial charge on any atom is -0.469 e. The molecule has 3 aliphatic heterocycles. The van der Waals surface area contributed by atoms with Crippen molar-refractivity contribution in [2.45, 2.75) is 37.7 Å². The summed E-state index contributed by atoms with van der Waals surface area (Å²) in [4.78, 5) is 14.4. The number of piperidine rings is 3. The van der Waals surface area contributed by atoms with Gasteiger partial charge >= 0.3 is 5.97 Å². The summed E-state index contributed by atoms with van der Waals surface area (Å²) in [6.45, 7) is 2.81. The van der Waals surface area contributed by atoms with Gasteiger partial charge in [0.2, 0.25) is 0 Å². The second-order valence-corrected chi connectivity index (χ2v) is 5.90. The second kappa shape index (κ2) is 3.69. The smallest absolute Gasteiger partial charge is 0.314 e. The van der Waals surface area contributed by atoms with E-state index in [2.05, 4.69) is 4.90 Å². The first-order chi connectivity index (χ1) is 8.12. The first-order valence-corrected chi connectivity index (χ1v) is 6.65. The van der Waals surface area contributed by atoms with Gasteiger partial charge in [0.05, 0.1) is 18.1 Å². The molecule has 17 heavy (non-hydrogen) atoms. The maximum atomic E-state index is 12.1. The summed E-state index contributed by atoms with van der Waals surface area (Å²) in [7, 11) is 1.44. The van der Waals surface area contributed by atoms with Crippen molar-refractivity contribution in [2.24, 2.45) is 11.3 Å². The van der Waals surface area contributed by atoms with Crippen LogP contribution in [0.4, 0.5) is 0 Å². The normalized spacial score (nSPS) is 42.9. The highest BCUT2D eigenvalue weighted by Gasteiger charge is 2.65. The van der Waals surface area contributed by atoms with Crippen LogP contribution in [0, 0.1) is 11.3 Å². The molecule has 3 saturated heterocycles. The number of aliphatic hydroxyl groups is 1. The predicted octanol–water partition coefficient (Wildman–Crippen LogP) is 0.786. The van der Waals surface area contributed by atoms with Crippen LogP contribution in [0.1, 0.15) is 32.1 Å². The maximum Gasteiger partial charge on any atom is 0.314 e. The maximum absolute atomic E-state index is 12.1. The molecule has 96 valence electrons. The number of methoxy groups -OCH3 is 1. The Morgan fingerprint density at radius 2 is 2.00 bits per heavy atom. The van der Waals surface area contributed by atoms with Gasteiger partial charge in [0.15, 0.2) is 0 Å². The lowest BCUT2D eigenvalue weighted by molar-refractivity contribution is -0.225. The number of esters is 1. The van der Waals surface area contributed by atoms with Crippen LogP contribution in [0.15, 0.2) is 0 Å². The average molecular weight is 239 g/mol. The number of ether oxygens (including phenoxy) is 1. The van der Waals surface area contributed by atoms with Gasteiger partial charge in [0, 0.05) is 6.54 Å². The topological polar surface area (TPSA) is 49.8 Å². The van der Waals surface area contributed by atoms with Crippen LogP contribution in [-0.4, -0.2) is 48.3 Å². The van der Waals surface area contributed by atoms with E-state index in [1.165, 1.54) is 7.11 Å². The lowest BCUT2D eigenvalue weighted by Crippen LogP contribution is -2.70. The monoisotopic (exact) mass is 239 g/mol. The van der Waals surface area contributed by atoms with Crippen LogP contribution >= 0.6 is 0 Å². The third-order valence-electron chi connectivity index (χ3n) is 5.34. The van der Waals surface area contributed by atoms with Crippen LogP contribution in [0.25, 0.3) is 0 Å². The molecular weight excluding hydrogens is 218 g/mol. The number of carbonyl (C=O) groups excluding carboxylic acids is 1. The third kappa shape index (κ3) is 1.34. The summed E-state index contributed by atoms with van der Waals surface area (Å²) >= 11 is 0. The Morgan fingerprint density at radius 1 is 1.35 bits per heavy atom. The van der Waals surface area contributed by atoms with Crippen LogP contribution in [-0.2, 0) is 9.53 Å². The molecule has 4 heteroatoms. The lowest BCUT2D eigenvalue weighted by atomic mass is 9.52. The number of rotatable bonds is 2. The summed E-state index contributed by atoms with van der Waals surface area (Å²) in [5, 5.41) is 11.1. The minimum absolute atomic E-state index is 0.194. The molecule has 4 nitrogen and oxygen atoms in total. The van der Waals surface area contributed by atoms with Crippen LogP contribution in [0.2, 0.25) is 0 Å². The Kier molecular flexibility index (Phi) is 2.49. The molecule has 0 amide bonds. The molecule has 1 saturated carbocycles. The molecule has 2 bridgehead atoms. The van der Waals surface area contributed by atoms with Crippen molar-refractivity contribution in [2.75, 3.05) is 26.7 Å². The van der Waals surface area contributed by atoms with Crippen molar-refractivity contribution < 1.29 is 14.6 Å². The number of carbonyl (C=O) groups is 1. The van der Waals surface area contributed by atoms with Gasteiger partial charge in [0.25, 0.3) is 0 Å². The highest BCUT2D eigenvalue weighted by molar-refractivity contribution is 5.79. The van der Waals surface area contributed by atoms with E-state index in [1.807, 2.05) is 0 Å². The molecule has 4 aliphatic rings. The van der Waals surface area contributed by atoms with Gasteiger partial charge in [-0.2, -0.15) is 0 Å².